The Morgan fingerprint density at radius 3 is 2.72 bits per heavy atom. The molecule has 2 rings (SSSR count). The van der Waals surface area contributed by atoms with Crippen molar-refractivity contribution in [1.82, 2.24) is 15.1 Å². The highest BCUT2D eigenvalue weighted by molar-refractivity contribution is 4.99. The molecule has 4 heteroatoms. The molecular formula is C14H25N3O. The summed E-state index contributed by atoms with van der Waals surface area (Å²) in [7, 11) is 0. The van der Waals surface area contributed by atoms with Gasteiger partial charge in [-0.2, -0.15) is 5.10 Å². The number of nitrogens with zero attached hydrogens (tertiary/aromatic N) is 2. The van der Waals surface area contributed by atoms with Gasteiger partial charge in [0.15, 0.2) is 0 Å². The summed E-state index contributed by atoms with van der Waals surface area (Å²) in [6, 6.07) is 2.48. The van der Waals surface area contributed by atoms with Crippen LogP contribution in [0, 0.1) is 5.41 Å². The molecule has 0 amide bonds. The molecule has 18 heavy (non-hydrogen) atoms. The zero-order chi connectivity index (χ0) is 13.0. The van der Waals surface area contributed by atoms with Crippen molar-refractivity contribution in [3.05, 3.63) is 18.0 Å². The molecule has 1 saturated carbocycles. The molecule has 0 radical (unpaired) electrons. The normalized spacial score (nSPS) is 18.7. The molecule has 0 aromatic carbocycles. The van der Waals surface area contributed by atoms with Gasteiger partial charge in [-0.1, -0.05) is 12.8 Å². The number of aromatic nitrogens is 2. The highest BCUT2D eigenvalue weighted by atomic mass is 16.3. The first-order valence-electron chi connectivity index (χ1n) is 7.01. The lowest BCUT2D eigenvalue weighted by molar-refractivity contribution is 0.128. The highest BCUT2D eigenvalue weighted by Crippen LogP contribution is 2.36. The third kappa shape index (κ3) is 3.12. The Kier molecular flexibility index (Phi) is 4.40. The third-order valence-electron chi connectivity index (χ3n) is 4.00. The summed E-state index contributed by atoms with van der Waals surface area (Å²) >= 11 is 0. The summed E-state index contributed by atoms with van der Waals surface area (Å²) in [4.78, 5) is 0. The lowest BCUT2D eigenvalue weighted by atomic mass is 9.87. The van der Waals surface area contributed by atoms with E-state index in [0.29, 0.717) is 12.6 Å². The molecule has 0 aliphatic heterocycles. The lowest BCUT2D eigenvalue weighted by Crippen LogP contribution is -2.34. The van der Waals surface area contributed by atoms with Crippen LogP contribution >= 0.6 is 0 Å². The minimum atomic E-state index is 0.126. The van der Waals surface area contributed by atoms with Crippen LogP contribution in [-0.2, 0) is 6.54 Å². The van der Waals surface area contributed by atoms with E-state index in [9.17, 15) is 5.11 Å². The Morgan fingerprint density at radius 1 is 1.44 bits per heavy atom. The Hall–Kier alpha value is -0.870. The second-order valence-corrected chi connectivity index (χ2v) is 5.85. The topological polar surface area (TPSA) is 50.1 Å². The van der Waals surface area contributed by atoms with Crippen LogP contribution in [0.1, 0.15) is 51.3 Å². The van der Waals surface area contributed by atoms with E-state index in [1.807, 2.05) is 10.9 Å². The maximum Gasteiger partial charge on any atom is 0.0762 e. The number of aliphatic hydroxyl groups is 1. The van der Waals surface area contributed by atoms with Gasteiger partial charge in [-0.3, -0.25) is 4.68 Å². The van der Waals surface area contributed by atoms with Gasteiger partial charge in [-0.25, -0.2) is 0 Å². The molecule has 0 spiro atoms. The average Bonchev–Trinajstić information content (AvgIpc) is 2.98. The SMILES string of the molecule is CC(C)n1ccc(CNCC2(CO)CCCC2)n1. The molecule has 2 N–H and O–H groups in total. The summed E-state index contributed by atoms with van der Waals surface area (Å²) in [6.45, 7) is 6.26. The molecular weight excluding hydrogens is 226 g/mol. The standard InChI is InChI=1S/C14H25N3O/c1-12(2)17-8-5-13(16-17)9-15-10-14(11-18)6-3-4-7-14/h5,8,12,15,18H,3-4,6-7,9-11H2,1-2H3. The predicted octanol–water partition coefficient (Wildman–Crippen LogP) is 2.11. The maximum atomic E-state index is 9.53. The monoisotopic (exact) mass is 251 g/mol. The van der Waals surface area contributed by atoms with Crippen LogP contribution in [0.2, 0.25) is 0 Å². The zero-order valence-corrected chi connectivity index (χ0v) is 11.5. The van der Waals surface area contributed by atoms with E-state index in [4.69, 9.17) is 0 Å². The largest absolute Gasteiger partial charge is 0.396 e. The Labute approximate surface area is 109 Å². The van der Waals surface area contributed by atoms with Crippen molar-refractivity contribution in [2.45, 2.75) is 52.1 Å². The van der Waals surface area contributed by atoms with Gasteiger partial charge in [0, 0.05) is 37.4 Å². The molecule has 102 valence electrons. The van der Waals surface area contributed by atoms with E-state index in [1.54, 1.807) is 0 Å². The summed E-state index contributed by atoms with van der Waals surface area (Å²) in [5, 5.41) is 17.5. The van der Waals surface area contributed by atoms with Crippen molar-refractivity contribution in [2.75, 3.05) is 13.2 Å². The summed E-state index contributed by atoms with van der Waals surface area (Å²) < 4.78 is 1.98. The van der Waals surface area contributed by atoms with Crippen molar-refractivity contribution in [3.8, 4) is 0 Å². The maximum absolute atomic E-state index is 9.53. The first-order valence-corrected chi connectivity index (χ1v) is 7.01. The minimum Gasteiger partial charge on any atom is -0.396 e. The molecule has 1 aromatic rings. The van der Waals surface area contributed by atoms with Gasteiger partial charge in [0.05, 0.1) is 5.69 Å². The molecule has 4 nitrogen and oxygen atoms in total. The number of hydrogen-bond donors (Lipinski definition) is 2. The lowest BCUT2D eigenvalue weighted by Gasteiger charge is -2.26. The van der Waals surface area contributed by atoms with E-state index < -0.39 is 0 Å². The van der Waals surface area contributed by atoms with Gasteiger partial charge in [-0.05, 0) is 32.8 Å². The van der Waals surface area contributed by atoms with Crippen molar-refractivity contribution >= 4 is 0 Å². The number of rotatable bonds is 6. The second-order valence-electron chi connectivity index (χ2n) is 5.85. The van der Waals surface area contributed by atoms with Crippen molar-refractivity contribution in [3.63, 3.8) is 0 Å². The van der Waals surface area contributed by atoms with Gasteiger partial charge < -0.3 is 10.4 Å². The number of hydrogen-bond acceptors (Lipinski definition) is 3. The summed E-state index contributed by atoms with van der Waals surface area (Å²) in [5.41, 5.74) is 1.20. The van der Waals surface area contributed by atoms with Gasteiger partial charge in [0.1, 0.15) is 0 Å². The average molecular weight is 251 g/mol. The molecule has 1 aliphatic rings. The molecule has 0 unspecified atom stereocenters. The molecule has 0 bridgehead atoms. The fraction of sp³-hybridized carbons (Fsp3) is 0.786. The molecule has 1 fully saturated rings. The Balaban J connectivity index is 1.80. The Morgan fingerprint density at radius 2 is 2.17 bits per heavy atom. The van der Waals surface area contributed by atoms with Crippen molar-refractivity contribution in [1.29, 1.82) is 0 Å². The minimum absolute atomic E-state index is 0.126. The first kappa shape index (κ1) is 13.6. The Bertz CT molecular complexity index is 367. The van der Waals surface area contributed by atoms with E-state index in [1.165, 1.54) is 12.8 Å². The van der Waals surface area contributed by atoms with Crippen molar-refractivity contribution < 1.29 is 5.11 Å². The van der Waals surface area contributed by atoms with Gasteiger partial charge in [-0.15, -0.1) is 0 Å². The van der Waals surface area contributed by atoms with Crippen LogP contribution < -0.4 is 5.32 Å². The van der Waals surface area contributed by atoms with Crippen LogP contribution in [0.5, 0.6) is 0 Å². The fourth-order valence-corrected chi connectivity index (χ4v) is 2.73. The molecule has 1 heterocycles. The van der Waals surface area contributed by atoms with Crippen LogP contribution in [0.25, 0.3) is 0 Å². The fourth-order valence-electron chi connectivity index (χ4n) is 2.73. The van der Waals surface area contributed by atoms with E-state index in [-0.39, 0.29) is 5.41 Å². The number of aliphatic hydroxyl groups excluding tert-OH is 1. The van der Waals surface area contributed by atoms with Gasteiger partial charge >= 0.3 is 0 Å². The van der Waals surface area contributed by atoms with Gasteiger partial charge in [0.25, 0.3) is 0 Å². The quantitative estimate of drug-likeness (QED) is 0.814. The van der Waals surface area contributed by atoms with Crippen LogP contribution in [0.4, 0.5) is 0 Å². The third-order valence-corrected chi connectivity index (χ3v) is 4.00. The van der Waals surface area contributed by atoms with Gasteiger partial charge in [0.2, 0.25) is 0 Å². The number of nitrogens with one attached hydrogen (secondary N) is 1. The highest BCUT2D eigenvalue weighted by Gasteiger charge is 2.32. The van der Waals surface area contributed by atoms with E-state index in [2.05, 4.69) is 30.3 Å². The van der Waals surface area contributed by atoms with Crippen LogP contribution in [0.3, 0.4) is 0 Å². The molecule has 1 aliphatic carbocycles. The smallest absolute Gasteiger partial charge is 0.0762 e. The van der Waals surface area contributed by atoms with Crippen LogP contribution in [-0.4, -0.2) is 28.0 Å². The summed E-state index contributed by atoms with van der Waals surface area (Å²) in [5.74, 6) is 0. The van der Waals surface area contributed by atoms with E-state index in [0.717, 1.165) is 31.6 Å². The zero-order valence-electron chi connectivity index (χ0n) is 11.5. The van der Waals surface area contributed by atoms with Crippen LogP contribution in [0.15, 0.2) is 12.3 Å². The molecule has 1 aromatic heterocycles. The first-order chi connectivity index (χ1) is 8.65. The predicted molar refractivity (Wildman–Crippen MR) is 72.3 cm³/mol. The second kappa shape index (κ2) is 5.85. The van der Waals surface area contributed by atoms with Crippen molar-refractivity contribution in [2.24, 2.45) is 5.41 Å². The summed E-state index contributed by atoms with van der Waals surface area (Å²) in [6.07, 6.45) is 6.83. The molecule has 0 atom stereocenters. The van der Waals surface area contributed by atoms with E-state index >= 15 is 0 Å². The molecule has 0 saturated heterocycles.